The molecule has 1 aliphatic heterocycles. The predicted molar refractivity (Wildman–Crippen MR) is 104 cm³/mol. The monoisotopic (exact) mass is 345 g/mol. The highest BCUT2D eigenvalue weighted by Gasteiger charge is 2.52. The van der Waals surface area contributed by atoms with E-state index in [1.807, 2.05) is 12.1 Å². The van der Waals surface area contributed by atoms with Crippen molar-refractivity contribution in [3.05, 3.63) is 53.1 Å². The molecule has 0 spiro atoms. The highest BCUT2D eigenvalue weighted by molar-refractivity contribution is 6.62. The standard InChI is InChI=1S/C22H24BNO2/c1-20(2)18-9-7-14(13-24)11-16(18)17-12-15(8-10-19(17)20)23-25-21(3,4)22(5,6)26-23/h7-12H,1-6H3. The van der Waals surface area contributed by atoms with Gasteiger partial charge in [0.2, 0.25) is 0 Å². The molecule has 1 heterocycles. The van der Waals surface area contributed by atoms with Gasteiger partial charge in [-0.05, 0) is 67.5 Å². The fourth-order valence-electron chi connectivity index (χ4n) is 3.98. The quantitative estimate of drug-likeness (QED) is 0.729. The lowest BCUT2D eigenvalue weighted by Gasteiger charge is -2.32. The molecule has 0 saturated carbocycles. The van der Waals surface area contributed by atoms with Gasteiger partial charge in [-0.1, -0.05) is 38.1 Å². The zero-order valence-corrected chi connectivity index (χ0v) is 16.3. The van der Waals surface area contributed by atoms with Crippen molar-refractivity contribution in [2.75, 3.05) is 0 Å². The molecule has 0 bridgehead atoms. The lowest BCUT2D eigenvalue weighted by Crippen LogP contribution is -2.41. The Bertz CT molecular complexity index is 937. The third-order valence-electron chi connectivity index (χ3n) is 6.35. The molecule has 132 valence electrons. The summed E-state index contributed by atoms with van der Waals surface area (Å²) in [4.78, 5) is 0. The largest absolute Gasteiger partial charge is 0.494 e. The number of nitriles is 1. The first-order chi connectivity index (χ1) is 12.1. The second-order valence-corrected chi connectivity index (χ2v) is 8.89. The fourth-order valence-corrected chi connectivity index (χ4v) is 3.98. The van der Waals surface area contributed by atoms with Gasteiger partial charge in [0.25, 0.3) is 0 Å². The van der Waals surface area contributed by atoms with Crippen LogP contribution in [-0.4, -0.2) is 18.3 Å². The van der Waals surface area contributed by atoms with Crippen molar-refractivity contribution in [3.63, 3.8) is 0 Å². The molecule has 0 unspecified atom stereocenters. The minimum Gasteiger partial charge on any atom is -0.399 e. The van der Waals surface area contributed by atoms with Crippen molar-refractivity contribution in [2.24, 2.45) is 0 Å². The predicted octanol–water partition coefficient (Wildman–Crippen LogP) is 4.16. The maximum atomic E-state index is 9.30. The van der Waals surface area contributed by atoms with E-state index < -0.39 is 0 Å². The highest BCUT2D eigenvalue weighted by atomic mass is 16.7. The number of rotatable bonds is 1. The van der Waals surface area contributed by atoms with Gasteiger partial charge in [-0.15, -0.1) is 0 Å². The molecule has 2 aromatic rings. The summed E-state index contributed by atoms with van der Waals surface area (Å²) in [6.45, 7) is 12.7. The summed E-state index contributed by atoms with van der Waals surface area (Å²) in [6.07, 6.45) is 0. The third kappa shape index (κ3) is 2.27. The van der Waals surface area contributed by atoms with Crippen LogP contribution in [-0.2, 0) is 14.7 Å². The third-order valence-corrected chi connectivity index (χ3v) is 6.35. The Morgan fingerprint density at radius 2 is 1.35 bits per heavy atom. The molecule has 0 N–H and O–H groups in total. The number of nitrogens with zero attached hydrogens (tertiary/aromatic N) is 1. The first kappa shape index (κ1) is 17.3. The number of hydrogen-bond acceptors (Lipinski definition) is 3. The normalized spacial score (nSPS) is 21.2. The average molecular weight is 345 g/mol. The van der Waals surface area contributed by atoms with E-state index >= 15 is 0 Å². The van der Waals surface area contributed by atoms with Gasteiger partial charge in [-0.2, -0.15) is 5.26 Å². The first-order valence-electron chi connectivity index (χ1n) is 9.12. The molecule has 1 aliphatic carbocycles. The van der Waals surface area contributed by atoms with Crippen molar-refractivity contribution in [2.45, 2.75) is 58.2 Å². The van der Waals surface area contributed by atoms with Gasteiger partial charge >= 0.3 is 7.12 Å². The Labute approximate surface area is 156 Å². The summed E-state index contributed by atoms with van der Waals surface area (Å²) < 4.78 is 12.4. The molecule has 4 heteroatoms. The van der Waals surface area contributed by atoms with Gasteiger partial charge in [-0.25, -0.2) is 0 Å². The van der Waals surface area contributed by atoms with Crippen LogP contribution in [0.15, 0.2) is 36.4 Å². The molecular weight excluding hydrogens is 321 g/mol. The molecule has 4 rings (SSSR count). The van der Waals surface area contributed by atoms with Crippen LogP contribution in [0.5, 0.6) is 0 Å². The van der Waals surface area contributed by atoms with Crippen molar-refractivity contribution >= 4 is 12.6 Å². The van der Waals surface area contributed by atoms with E-state index in [1.165, 1.54) is 16.7 Å². The van der Waals surface area contributed by atoms with Gasteiger partial charge in [0.05, 0.1) is 22.8 Å². The average Bonchev–Trinajstić information content (AvgIpc) is 2.94. The molecule has 0 radical (unpaired) electrons. The number of fused-ring (bicyclic) bond motifs is 3. The minimum absolute atomic E-state index is 0.0763. The molecule has 2 aliphatic rings. The second kappa shape index (κ2) is 5.22. The smallest absolute Gasteiger partial charge is 0.399 e. The highest BCUT2D eigenvalue weighted by Crippen LogP contribution is 2.48. The fraction of sp³-hybridized carbons (Fsp3) is 0.409. The van der Waals surface area contributed by atoms with Crippen LogP contribution in [0.2, 0.25) is 0 Å². The maximum Gasteiger partial charge on any atom is 0.494 e. The summed E-state index contributed by atoms with van der Waals surface area (Å²) in [5.41, 5.74) is 5.77. The van der Waals surface area contributed by atoms with Gasteiger partial charge in [0.1, 0.15) is 0 Å². The molecule has 3 nitrogen and oxygen atoms in total. The van der Waals surface area contributed by atoms with Crippen LogP contribution in [0.3, 0.4) is 0 Å². The zero-order valence-electron chi connectivity index (χ0n) is 16.3. The summed E-state index contributed by atoms with van der Waals surface area (Å²) in [6, 6.07) is 14.7. The first-order valence-corrected chi connectivity index (χ1v) is 9.12. The summed E-state index contributed by atoms with van der Waals surface area (Å²) >= 11 is 0. The molecule has 0 aromatic heterocycles. The van der Waals surface area contributed by atoms with Gasteiger partial charge < -0.3 is 9.31 Å². The Balaban J connectivity index is 1.83. The van der Waals surface area contributed by atoms with E-state index in [0.717, 1.165) is 11.0 Å². The minimum atomic E-state index is -0.378. The molecule has 26 heavy (non-hydrogen) atoms. The molecule has 1 saturated heterocycles. The Kier molecular flexibility index (Phi) is 3.48. The van der Waals surface area contributed by atoms with Gasteiger partial charge in [0, 0.05) is 5.41 Å². The van der Waals surface area contributed by atoms with Gasteiger partial charge in [0.15, 0.2) is 0 Å². The van der Waals surface area contributed by atoms with Crippen LogP contribution in [0.4, 0.5) is 0 Å². The number of hydrogen-bond donors (Lipinski definition) is 0. The van der Waals surface area contributed by atoms with Crippen LogP contribution in [0.1, 0.15) is 58.2 Å². The molecule has 0 amide bonds. The lowest BCUT2D eigenvalue weighted by molar-refractivity contribution is 0.00578. The zero-order chi connectivity index (χ0) is 18.9. The van der Waals surface area contributed by atoms with Crippen LogP contribution >= 0.6 is 0 Å². The van der Waals surface area contributed by atoms with E-state index in [-0.39, 0.29) is 23.7 Å². The summed E-state index contributed by atoms with van der Waals surface area (Å²) in [5, 5.41) is 9.30. The van der Waals surface area contributed by atoms with Crippen LogP contribution in [0.25, 0.3) is 11.1 Å². The molecule has 1 fully saturated rings. The topological polar surface area (TPSA) is 42.2 Å². The summed E-state index contributed by atoms with van der Waals surface area (Å²) in [7, 11) is -0.378. The van der Waals surface area contributed by atoms with Crippen molar-refractivity contribution in [1.82, 2.24) is 0 Å². The van der Waals surface area contributed by atoms with E-state index in [0.29, 0.717) is 5.56 Å². The molecule has 2 aromatic carbocycles. The second-order valence-electron chi connectivity index (χ2n) is 8.89. The molecular formula is C22H24BNO2. The van der Waals surface area contributed by atoms with Crippen molar-refractivity contribution in [3.8, 4) is 17.2 Å². The summed E-state index contributed by atoms with van der Waals surface area (Å²) in [5.74, 6) is 0. The maximum absolute atomic E-state index is 9.30. The van der Waals surface area contributed by atoms with Crippen molar-refractivity contribution in [1.29, 1.82) is 5.26 Å². The van der Waals surface area contributed by atoms with Crippen LogP contribution < -0.4 is 5.46 Å². The lowest BCUT2D eigenvalue weighted by atomic mass is 9.76. The van der Waals surface area contributed by atoms with Crippen molar-refractivity contribution < 1.29 is 9.31 Å². The Hall–Kier alpha value is -2.09. The van der Waals surface area contributed by atoms with Gasteiger partial charge in [-0.3, -0.25) is 0 Å². The van der Waals surface area contributed by atoms with E-state index in [9.17, 15) is 5.26 Å². The van der Waals surface area contributed by atoms with Crippen LogP contribution in [0, 0.1) is 11.3 Å². The van der Waals surface area contributed by atoms with E-state index in [1.54, 1.807) is 0 Å². The van der Waals surface area contributed by atoms with E-state index in [4.69, 9.17) is 9.31 Å². The number of benzene rings is 2. The SMILES string of the molecule is CC1(C)c2ccc(C#N)cc2-c2cc(B3OC(C)(C)C(C)(C)O3)ccc21. The molecule has 0 atom stereocenters. The Morgan fingerprint density at radius 1 is 0.808 bits per heavy atom. The van der Waals surface area contributed by atoms with E-state index in [2.05, 4.69) is 71.9 Å². The Morgan fingerprint density at radius 3 is 1.92 bits per heavy atom.